The van der Waals surface area contributed by atoms with Crippen LogP contribution in [0.1, 0.15) is 31.3 Å². The number of hydrogen-bond donors (Lipinski definition) is 0. The van der Waals surface area contributed by atoms with Crippen LogP contribution in [0.2, 0.25) is 0 Å². The van der Waals surface area contributed by atoms with Crippen LogP contribution in [0.5, 0.6) is 11.5 Å². The van der Waals surface area contributed by atoms with Crippen LogP contribution in [0.3, 0.4) is 0 Å². The summed E-state index contributed by atoms with van der Waals surface area (Å²) in [5, 5.41) is 4.18. The van der Waals surface area contributed by atoms with Gasteiger partial charge in [-0.05, 0) is 32.0 Å². The Morgan fingerprint density at radius 1 is 1.35 bits per heavy atom. The molecule has 0 spiro atoms. The molecule has 0 saturated carbocycles. The lowest BCUT2D eigenvalue weighted by Gasteiger charge is -2.13. The van der Waals surface area contributed by atoms with E-state index in [1.165, 1.54) is 6.33 Å². The predicted octanol–water partition coefficient (Wildman–Crippen LogP) is 3.19. The van der Waals surface area contributed by atoms with E-state index >= 15 is 0 Å². The number of rotatable bonds is 6. The highest BCUT2D eigenvalue weighted by Gasteiger charge is 2.10. The second-order valence-electron chi connectivity index (χ2n) is 4.61. The molecule has 5 nitrogen and oxygen atoms in total. The number of hydrogen-bond acceptors (Lipinski definition) is 4. The van der Waals surface area contributed by atoms with Gasteiger partial charge < -0.3 is 9.47 Å². The van der Waals surface area contributed by atoms with Gasteiger partial charge in [0.25, 0.3) is 0 Å². The molecule has 0 amide bonds. The summed E-state index contributed by atoms with van der Waals surface area (Å²) < 4.78 is 12.8. The third-order valence-electron chi connectivity index (χ3n) is 2.90. The van der Waals surface area contributed by atoms with Crippen LogP contribution in [0.4, 0.5) is 0 Å². The molecule has 108 valence electrons. The number of nitrogens with zero attached hydrogens (tertiary/aromatic N) is 3. The summed E-state index contributed by atoms with van der Waals surface area (Å²) in [7, 11) is 1.62. The average molecular weight is 296 g/mol. The first-order valence-corrected chi connectivity index (χ1v) is 6.93. The summed E-state index contributed by atoms with van der Waals surface area (Å²) >= 11 is 5.93. The Labute approximate surface area is 123 Å². The van der Waals surface area contributed by atoms with Crippen LogP contribution >= 0.6 is 11.6 Å². The van der Waals surface area contributed by atoms with Crippen molar-refractivity contribution in [2.24, 2.45) is 0 Å². The molecule has 2 rings (SSSR count). The molecule has 1 aromatic heterocycles. The molecule has 0 saturated heterocycles. The first-order valence-electron chi connectivity index (χ1n) is 6.39. The molecule has 6 heteroatoms. The fourth-order valence-electron chi connectivity index (χ4n) is 1.88. The lowest BCUT2D eigenvalue weighted by molar-refractivity contribution is 0.280. The number of halogens is 1. The van der Waals surface area contributed by atoms with Crippen molar-refractivity contribution < 1.29 is 9.47 Å². The van der Waals surface area contributed by atoms with Crippen molar-refractivity contribution in [1.29, 1.82) is 0 Å². The zero-order valence-electron chi connectivity index (χ0n) is 11.8. The SMILES string of the molecule is COc1ccc(OCc2ncnn2C(C)C)c(CCl)c1. The number of aromatic nitrogens is 3. The quantitative estimate of drug-likeness (QED) is 0.768. The van der Waals surface area contributed by atoms with Gasteiger partial charge in [0, 0.05) is 11.6 Å². The second-order valence-corrected chi connectivity index (χ2v) is 4.88. The Hall–Kier alpha value is -1.75. The summed E-state index contributed by atoms with van der Waals surface area (Å²) in [6.07, 6.45) is 1.54. The van der Waals surface area contributed by atoms with E-state index in [4.69, 9.17) is 21.1 Å². The van der Waals surface area contributed by atoms with E-state index < -0.39 is 0 Å². The minimum absolute atomic E-state index is 0.250. The Bertz CT molecular complexity index is 569. The molecule has 20 heavy (non-hydrogen) atoms. The van der Waals surface area contributed by atoms with Crippen LogP contribution in [-0.2, 0) is 12.5 Å². The molecule has 0 bridgehead atoms. The third kappa shape index (κ3) is 3.22. The van der Waals surface area contributed by atoms with Crippen LogP contribution in [-0.4, -0.2) is 21.9 Å². The summed E-state index contributed by atoms with van der Waals surface area (Å²) in [5.41, 5.74) is 0.890. The minimum atomic E-state index is 0.250. The molecule has 0 atom stereocenters. The van der Waals surface area contributed by atoms with Gasteiger partial charge in [0.05, 0.1) is 13.0 Å². The smallest absolute Gasteiger partial charge is 0.165 e. The van der Waals surface area contributed by atoms with Gasteiger partial charge in [-0.3, -0.25) is 0 Å². The molecule has 0 radical (unpaired) electrons. The summed E-state index contributed by atoms with van der Waals surface area (Å²) in [5.74, 6) is 2.65. The van der Waals surface area contributed by atoms with E-state index in [1.807, 2.05) is 22.9 Å². The molecule has 0 unspecified atom stereocenters. The van der Waals surface area contributed by atoms with E-state index in [1.54, 1.807) is 7.11 Å². The maximum atomic E-state index is 5.93. The van der Waals surface area contributed by atoms with Crippen molar-refractivity contribution >= 4 is 11.6 Å². The molecular formula is C14H18ClN3O2. The summed E-state index contributed by atoms with van der Waals surface area (Å²) in [6, 6.07) is 5.82. The lowest BCUT2D eigenvalue weighted by Crippen LogP contribution is -2.11. The Balaban J connectivity index is 2.12. The van der Waals surface area contributed by atoms with Gasteiger partial charge in [-0.2, -0.15) is 5.10 Å². The number of methoxy groups -OCH3 is 1. The van der Waals surface area contributed by atoms with Crippen molar-refractivity contribution in [2.75, 3.05) is 7.11 Å². The number of alkyl halides is 1. The van der Waals surface area contributed by atoms with Crippen molar-refractivity contribution in [1.82, 2.24) is 14.8 Å². The highest BCUT2D eigenvalue weighted by atomic mass is 35.5. The topological polar surface area (TPSA) is 49.2 Å². The lowest BCUT2D eigenvalue weighted by atomic mass is 10.2. The first-order chi connectivity index (χ1) is 9.65. The van der Waals surface area contributed by atoms with Gasteiger partial charge in [0.2, 0.25) is 0 Å². The molecule has 1 heterocycles. The Morgan fingerprint density at radius 2 is 2.15 bits per heavy atom. The molecule has 1 aromatic carbocycles. The third-order valence-corrected chi connectivity index (χ3v) is 3.19. The zero-order chi connectivity index (χ0) is 14.5. The van der Waals surface area contributed by atoms with Crippen molar-refractivity contribution in [3.8, 4) is 11.5 Å². The highest BCUT2D eigenvalue weighted by molar-refractivity contribution is 6.17. The van der Waals surface area contributed by atoms with Gasteiger partial charge in [-0.1, -0.05) is 0 Å². The Morgan fingerprint density at radius 3 is 2.80 bits per heavy atom. The molecule has 0 aliphatic rings. The summed E-state index contributed by atoms with van der Waals surface area (Å²) in [4.78, 5) is 4.21. The molecular weight excluding hydrogens is 278 g/mol. The van der Waals surface area contributed by atoms with Crippen molar-refractivity contribution in [3.63, 3.8) is 0 Å². The fourth-order valence-corrected chi connectivity index (χ4v) is 2.09. The van der Waals surface area contributed by atoms with Gasteiger partial charge >= 0.3 is 0 Å². The monoisotopic (exact) mass is 295 g/mol. The average Bonchev–Trinajstić information content (AvgIpc) is 2.93. The first kappa shape index (κ1) is 14.7. The van der Waals surface area contributed by atoms with Gasteiger partial charge in [-0.15, -0.1) is 11.6 Å². The summed E-state index contributed by atoms with van der Waals surface area (Å²) in [6.45, 7) is 4.46. The second kappa shape index (κ2) is 6.61. The highest BCUT2D eigenvalue weighted by Crippen LogP contribution is 2.26. The molecule has 0 N–H and O–H groups in total. The van der Waals surface area contributed by atoms with Gasteiger partial charge in [0.15, 0.2) is 5.82 Å². The maximum Gasteiger partial charge on any atom is 0.165 e. The van der Waals surface area contributed by atoms with E-state index in [0.29, 0.717) is 12.5 Å². The fraction of sp³-hybridized carbons (Fsp3) is 0.429. The molecule has 2 aromatic rings. The van der Waals surface area contributed by atoms with Crippen LogP contribution in [0.15, 0.2) is 24.5 Å². The van der Waals surface area contributed by atoms with E-state index in [2.05, 4.69) is 23.9 Å². The predicted molar refractivity (Wildman–Crippen MR) is 77.3 cm³/mol. The molecule has 0 fully saturated rings. The van der Waals surface area contributed by atoms with Gasteiger partial charge in [-0.25, -0.2) is 9.67 Å². The van der Waals surface area contributed by atoms with Crippen LogP contribution in [0.25, 0.3) is 0 Å². The van der Waals surface area contributed by atoms with Crippen LogP contribution < -0.4 is 9.47 Å². The Kier molecular flexibility index (Phi) is 4.84. The van der Waals surface area contributed by atoms with Crippen molar-refractivity contribution in [2.45, 2.75) is 32.4 Å². The number of benzene rings is 1. The molecule has 0 aliphatic heterocycles. The van der Waals surface area contributed by atoms with E-state index in [0.717, 1.165) is 22.9 Å². The van der Waals surface area contributed by atoms with Gasteiger partial charge in [0.1, 0.15) is 24.4 Å². The maximum absolute atomic E-state index is 5.93. The van der Waals surface area contributed by atoms with E-state index in [9.17, 15) is 0 Å². The number of ether oxygens (including phenoxy) is 2. The zero-order valence-corrected chi connectivity index (χ0v) is 12.6. The largest absolute Gasteiger partial charge is 0.497 e. The minimum Gasteiger partial charge on any atom is -0.497 e. The van der Waals surface area contributed by atoms with Crippen molar-refractivity contribution in [3.05, 3.63) is 35.9 Å². The van der Waals surface area contributed by atoms with Crippen LogP contribution in [0, 0.1) is 0 Å². The standard InChI is InChI=1S/C14H18ClN3O2/c1-10(2)18-14(16-9-17-18)8-20-13-5-4-12(19-3)6-11(13)7-15/h4-6,9-10H,7-8H2,1-3H3. The molecule has 0 aliphatic carbocycles. The van der Waals surface area contributed by atoms with E-state index in [-0.39, 0.29) is 6.04 Å². The normalized spacial score (nSPS) is 10.8.